The molecule has 0 amide bonds. The molecule has 0 saturated carbocycles. The van der Waals surface area contributed by atoms with Crippen molar-refractivity contribution in [2.24, 2.45) is 0 Å². The average molecular weight is 1040 g/mol. The van der Waals surface area contributed by atoms with Gasteiger partial charge < -0.3 is 14.2 Å². The van der Waals surface area contributed by atoms with E-state index in [0.29, 0.717) is 0 Å². The number of nitrogens with zero attached hydrogens (tertiary/aromatic N) is 2. The molecule has 81 heavy (non-hydrogen) atoms. The van der Waals surface area contributed by atoms with Gasteiger partial charge in [-0.25, -0.2) is 0 Å². The SMILES string of the molecule is C=Cc1c(/C=C\C)oc2c3c(cc(N(c4ccc5cc(-c6ccccc6)ccc5c4)c4ccccc4C)c12)C1(c2ccccc2-c2ccccc21)c1cc(N(c2ccc4cc(-c5ccccc5)ccc4c2)c2ccccc2C)ccc1-3. The fraction of sp³-hybridized carbons (Fsp3) is 0.0513. The van der Waals surface area contributed by atoms with E-state index in [1.165, 1.54) is 77.4 Å². The van der Waals surface area contributed by atoms with E-state index in [9.17, 15) is 0 Å². The van der Waals surface area contributed by atoms with E-state index >= 15 is 0 Å². The van der Waals surface area contributed by atoms with Gasteiger partial charge in [-0.05, 0) is 187 Å². The number of furan rings is 1. The minimum atomic E-state index is -0.748. The number of anilines is 6. The van der Waals surface area contributed by atoms with Crippen molar-refractivity contribution in [3.05, 3.63) is 312 Å². The molecule has 1 spiro atoms. The standard InChI is InChI=1S/C78H56N2O/c1-5-21-74-63(6-2)76-73(80(72-33-20-14-23-51(72)4)61-41-39-57-45-55(35-37-59(57)47-61)53-26-11-8-12-27-53)49-70-75(77(76)81-74)66-43-42-62(48-69(66)78(70)67-30-17-15-28-64(67)65-29-16-18-31-68(65)78)79(71-32-19-13-22-50(71)3)60-40-38-56-44-54(34-36-58(56)46-60)52-24-9-7-10-25-52/h5-49H,2H2,1,3-4H3/b21-5-. The molecule has 3 nitrogen and oxygen atoms in total. The highest BCUT2D eigenvalue weighted by molar-refractivity contribution is 6.14. The Morgan fingerprint density at radius 3 is 1.44 bits per heavy atom. The molecule has 0 unspecified atom stereocenters. The van der Waals surface area contributed by atoms with Crippen molar-refractivity contribution in [1.82, 2.24) is 0 Å². The number of para-hydroxylation sites is 2. The van der Waals surface area contributed by atoms with Crippen molar-refractivity contribution in [3.63, 3.8) is 0 Å². The average Bonchev–Trinajstić information content (AvgIpc) is 2.92. The summed E-state index contributed by atoms with van der Waals surface area (Å²) < 4.78 is 7.44. The number of allylic oxidation sites excluding steroid dienone is 1. The molecule has 0 bridgehead atoms. The first-order valence-electron chi connectivity index (χ1n) is 28.0. The third-order valence-electron chi connectivity index (χ3n) is 17.2. The lowest BCUT2D eigenvalue weighted by atomic mass is 9.70. The predicted octanol–water partition coefficient (Wildman–Crippen LogP) is 21.6. The van der Waals surface area contributed by atoms with Crippen molar-refractivity contribution < 1.29 is 4.42 Å². The van der Waals surface area contributed by atoms with E-state index in [-0.39, 0.29) is 0 Å². The maximum atomic E-state index is 7.44. The molecule has 2 aliphatic rings. The third kappa shape index (κ3) is 7.43. The molecule has 1 heterocycles. The second-order valence-electron chi connectivity index (χ2n) is 21.6. The molecule has 0 fully saturated rings. The highest BCUT2D eigenvalue weighted by atomic mass is 16.3. The summed E-state index contributed by atoms with van der Waals surface area (Å²) >= 11 is 0. The molecule has 384 valence electrons. The van der Waals surface area contributed by atoms with Gasteiger partial charge in [0.2, 0.25) is 0 Å². The zero-order chi connectivity index (χ0) is 54.3. The molecule has 0 saturated heterocycles. The van der Waals surface area contributed by atoms with Crippen LogP contribution in [0.3, 0.4) is 0 Å². The topological polar surface area (TPSA) is 19.6 Å². The summed E-state index contributed by atoms with van der Waals surface area (Å²) in [7, 11) is 0. The van der Waals surface area contributed by atoms with Gasteiger partial charge >= 0.3 is 0 Å². The minimum Gasteiger partial charge on any atom is -0.455 e. The van der Waals surface area contributed by atoms with E-state index in [2.05, 4.69) is 304 Å². The van der Waals surface area contributed by atoms with Crippen LogP contribution < -0.4 is 9.80 Å². The maximum absolute atomic E-state index is 7.44. The second kappa shape index (κ2) is 19.0. The van der Waals surface area contributed by atoms with Gasteiger partial charge in [-0.3, -0.25) is 0 Å². The van der Waals surface area contributed by atoms with Crippen LogP contribution in [-0.4, -0.2) is 0 Å². The zero-order valence-electron chi connectivity index (χ0n) is 45.5. The van der Waals surface area contributed by atoms with E-state index in [0.717, 1.165) is 78.5 Å². The normalized spacial score (nSPS) is 12.7. The molecule has 15 rings (SSSR count). The summed E-state index contributed by atoms with van der Waals surface area (Å²) in [6.45, 7) is 11.0. The first-order chi connectivity index (χ1) is 39.9. The predicted molar refractivity (Wildman–Crippen MR) is 342 cm³/mol. The number of aryl methyl sites for hydroxylation is 2. The Morgan fingerprint density at radius 2 is 0.877 bits per heavy atom. The Balaban J connectivity index is 1.01. The van der Waals surface area contributed by atoms with Gasteiger partial charge in [0.25, 0.3) is 0 Å². The van der Waals surface area contributed by atoms with Crippen molar-refractivity contribution >= 4 is 78.8 Å². The van der Waals surface area contributed by atoms with E-state index in [1.54, 1.807) is 0 Å². The molecule has 2 aliphatic carbocycles. The van der Waals surface area contributed by atoms with Crippen LogP contribution in [0.15, 0.2) is 272 Å². The molecule has 3 heteroatoms. The van der Waals surface area contributed by atoms with Gasteiger partial charge in [-0.15, -0.1) is 0 Å². The van der Waals surface area contributed by atoms with Crippen LogP contribution in [0.25, 0.3) is 89.2 Å². The lowest BCUT2D eigenvalue weighted by molar-refractivity contribution is 0.604. The highest BCUT2D eigenvalue weighted by Gasteiger charge is 2.53. The fourth-order valence-corrected chi connectivity index (χ4v) is 13.5. The summed E-state index contributed by atoms with van der Waals surface area (Å²) in [5, 5.41) is 5.73. The second-order valence-corrected chi connectivity index (χ2v) is 21.6. The maximum Gasteiger partial charge on any atom is 0.145 e. The zero-order valence-corrected chi connectivity index (χ0v) is 45.5. The lowest BCUT2D eigenvalue weighted by Gasteiger charge is -2.34. The highest BCUT2D eigenvalue weighted by Crippen LogP contribution is 2.66. The first-order valence-corrected chi connectivity index (χ1v) is 28.0. The number of hydrogen-bond acceptors (Lipinski definition) is 3. The lowest BCUT2D eigenvalue weighted by Crippen LogP contribution is -2.26. The summed E-state index contributed by atoms with van der Waals surface area (Å²) in [4.78, 5) is 4.93. The van der Waals surface area contributed by atoms with Crippen molar-refractivity contribution in [1.29, 1.82) is 0 Å². The Hall–Kier alpha value is -10.2. The molecular formula is C78H56N2O. The summed E-state index contributed by atoms with van der Waals surface area (Å²) in [6, 6.07) is 94.1. The van der Waals surface area contributed by atoms with Crippen molar-refractivity contribution in [3.8, 4) is 44.5 Å². The van der Waals surface area contributed by atoms with Gasteiger partial charge in [-0.2, -0.15) is 0 Å². The van der Waals surface area contributed by atoms with Crippen LogP contribution >= 0.6 is 0 Å². The van der Waals surface area contributed by atoms with Crippen LogP contribution in [0.4, 0.5) is 34.1 Å². The number of fused-ring (bicyclic) bond motifs is 14. The molecule has 12 aromatic carbocycles. The van der Waals surface area contributed by atoms with Gasteiger partial charge in [-0.1, -0.05) is 207 Å². The molecule has 0 radical (unpaired) electrons. The van der Waals surface area contributed by atoms with Crippen molar-refractivity contribution in [2.45, 2.75) is 26.2 Å². The van der Waals surface area contributed by atoms with E-state index in [4.69, 9.17) is 4.42 Å². The van der Waals surface area contributed by atoms with Gasteiger partial charge in [0.15, 0.2) is 0 Å². The van der Waals surface area contributed by atoms with Crippen molar-refractivity contribution in [2.75, 3.05) is 9.80 Å². The first kappa shape index (κ1) is 47.9. The smallest absolute Gasteiger partial charge is 0.145 e. The Morgan fingerprint density at radius 1 is 0.395 bits per heavy atom. The Kier molecular flexibility index (Phi) is 11.3. The number of rotatable bonds is 10. The molecule has 1 aromatic heterocycles. The summed E-state index contributed by atoms with van der Waals surface area (Å²) in [5.74, 6) is 0.776. The molecular weight excluding hydrogens is 981 g/mol. The van der Waals surface area contributed by atoms with Gasteiger partial charge in [0, 0.05) is 39.6 Å². The number of benzene rings is 12. The number of hydrogen-bond donors (Lipinski definition) is 0. The van der Waals surface area contributed by atoms with E-state index in [1.807, 2.05) is 6.08 Å². The quantitative estimate of drug-likeness (QED) is 0.136. The van der Waals surface area contributed by atoms with Crippen LogP contribution in [0, 0.1) is 13.8 Å². The molecule has 0 N–H and O–H groups in total. The monoisotopic (exact) mass is 1040 g/mol. The fourth-order valence-electron chi connectivity index (χ4n) is 13.5. The summed E-state index contributed by atoms with van der Waals surface area (Å²) in [5.41, 5.74) is 24.2. The molecule has 13 aromatic rings. The van der Waals surface area contributed by atoms with Gasteiger partial charge in [0.05, 0.1) is 16.5 Å². The van der Waals surface area contributed by atoms with Crippen LogP contribution in [0.5, 0.6) is 0 Å². The van der Waals surface area contributed by atoms with E-state index < -0.39 is 5.41 Å². The van der Waals surface area contributed by atoms with Crippen LogP contribution in [0.2, 0.25) is 0 Å². The molecule has 0 atom stereocenters. The Labute approximate surface area is 473 Å². The Bertz CT molecular complexity index is 4670. The van der Waals surface area contributed by atoms with Crippen LogP contribution in [0.1, 0.15) is 51.6 Å². The largest absolute Gasteiger partial charge is 0.455 e. The summed E-state index contributed by atoms with van der Waals surface area (Å²) in [6.07, 6.45) is 6.14. The minimum absolute atomic E-state index is 0.748. The molecule has 0 aliphatic heterocycles. The van der Waals surface area contributed by atoms with Crippen LogP contribution in [-0.2, 0) is 5.41 Å². The van der Waals surface area contributed by atoms with Gasteiger partial charge in [0.1, 0.15) is 11.3 Å². The third-order valence-corrected chi connectivity index (χ3v) is 17.2.